The van der Waals surface area contributed by atoms with Crippen LogP contribution in [0.15, 0.2) is 0 Å². The molecule has 6 heteroatoms. The van der Waals surface area contributed by atoms with Crippen LogP contribution in [0.2, 0.25) is 0 Å². The van der Waals surface area contributed by atoms with Crippen LogP contribution in [0.1, 0.15) is 67.6 Å². The highest BCUT2D eigenvalue weighted by Gasteiger charge is 2.26. The van der Waals surface area contributed by atoms with Crippen molar-refractivity contribution in [1.29, 1.82) is 0 Å². The number of anilines is 1. The van der Waals surface area contributed by atoms with Crippen LogP contribution in [-0.4, -0.2) is 28.9 Å². The molecule has 0 saturated carbocycles. The lowest BCUT2D eigenvalue weighted by Crippen LogP contribution is -2.32. The lowest BCUT2D eigenvalue weighted by Gasteiger charge is -2.27. The fourth-order valence-corrected chi connectivity index (χ4v) is 2.63. The average molecular weight is 298 g/mol. The smallest absolute Gasteiger partial charge is 0.358 e. The van der Waals surface area contributed by atoms with Crippen LogP contribution in [0, 0.1) is 0 Å². The minimum absolute atomic E-state index is 0.0994. The zero-order valence-electron chi connectivity index (χ0n) is 12.7. The van der Waals surface area contributed by atoms with Gasteiger partial charge in [0.05, 0.1) is 6.61 Å². The van der Waals surface area contributed by atoms with Crippen LogP contribution in [0.3, 0.4) is 0 Å². The van der Waals surface area contributed by atoms with Crippen LogP contribution in [0.4, 0.5) is 5.13 Å². The third kappa shape index (κ3) is 3.79. The van der Waals surface area contributed by atoms with Crippen LogP contribution in [-0.2, 0) is 4.74 Å². The number of Topliss-reactive ketones (excluding diaryl/α,β-unsaturated/α-hetero) is 1. The molecule has 0 amide bonds. The van der Waals surface area contributed by atoms with Crippen molar-refractivity contribution in [2.24, 2.45) is 0 Å². The van der Waals surface area contributed by atoms with Gasteiger partial charge in [-0.2, -0.15) is 0 Å². The number of ether oxygens (including phenoxy) is 1. The maximum atomic E-state index is 11.8. The summed E-state index contributed by atoms with van der Waals surface area (Å²) < 4.78 is 4.94. The Balaban J connectivity index is 3.09. The summed E-state index contributed by atoms with van der Waals surface area (Å²) in [6.07, 6.45) is 1.85. The van der Waals surface area contributed by atoms with E-state index in [1.54, 1.807) is 6.92 Å². The summed E-state index contributed by atoms with van der Waals surface area (Å²) in [5.74, 6) is -0.718. The van der Waals surface area contributed by atoms with Crippen molar-refractivity contribution in [3.63, 3.8) is 0 Å². The first-order valence-corrected chi connectivity index (χ1v) is 7.65. The lowest BCUT2D eigenvalue weighted by molar-refractivity contribution is 0.0517. The number of aromatic nitrogens is 1. The van der Waals surface area contributed by atoms with Gasteiger partial charge in [0.25, 0.3) is 0 Å². The van der Waals surface area contributed by atoms with Gasteiger partial charge >= 0.3 is 5.97 Å². The number of hydrogen-bond donors (Lipinski definition) is 1. The Morgan fingerprint density at radius 2 is 1.90 bits per heavy atom. The summed E-state index contributed by atoms with van der Waals surface area (Å²) in [5, 5.41) is 3.90. The molecule has 0 bridgehead atoms. The molecule has 0 unspecified atom stereocenters. The number of thiazole rings is 1. The highest BCUT2D eigenvalue weighted by atomic mass is 32.1. The van der Waals surface area contributed by atoms with Crippen molar-refractivity contribution in [3.05, 3.63) is 10.6 Å². The number of ketones is 1. The molecule has 1 N–H and O–H groups in total. The Kier molecular flexibility index (Phi) is 5.68. The predicted molar refractivity (Wildman–Crippen MR) is 80.7 cm³/mol. The van der Waals surface area contributed by atoms with E-state index in [9.17, 15) is 9.59 Å². The molecule has 0 radical (unpaired) electrons. The minimum atomic E-state index is -0.545. The summed E-state index contributed by atoms with van der Waals surface area (Å²) in [6.45, 7) is 9.68. The number of nitrogens with one attached hydrogen (secondary N) is 1. The first kappa shape index (κ1) is 16.6. The number of rotatable bonds is 7. The van der Waals surface area contributed by atoms with Crippen molar-refractivity contribution in [2.45, 2.75) is 53.0 Å². The Morgan fingerprint density at radius 3 is 2.35 bits per heavy atom. The number of nitrogens with zero attached hydrogens (tertiary/aromatic N) is 1. The second kappa shape index (κ2) is 6.83. The van der Waals surface area contributed by atoms with Gasteiger partial charge in [0, 0.05) is 12.5 Å². The van der Waals surface area contributed by atoms with Crippen LogP contribution >= 0.6 is 11.3 Å². The Labute approximate surface area is 123 Å². The van der Waals surface area contributed by atoms with E-state index in [2.05, 4.69) is 31.1 Å². The molecule has 5 nitrogen and oxygen atoms in total. The van der Waals surface area contributed by atoms with Gasteiger partial charge in [-0.3, -0.25) is 4.79 Å². The highest BCUT2D eigenvalue weighted by molar-refractivity contribution is 7.17. The molecule has 1 heterocycles. The van der Waals surface area contributed by atoms with Crippen LogP contribution in [0.5, 0.6) is 0 Å². The van der Waals surface area contributed by atoms with E-state index >= 15 is 0 Å². The molecule has 0 aliphatic carbocycles. The first-order chi connectivity index (χ1) is 9.36. The molecule has 1 rings (SSSR count). The second-order valence-electron chi connectivity index (χ2n) is 4.87. The monoisotopic (exact) mass is 298 g/mol. The number of carbonyl (C=O) groups excluding carboxylic acids is 2. The van der Waals surface area contributed by atoms with Gasteiger partial charge in [0.1, 0.15) is 4.88 Å². The molecular weight excluding hydrogens is 276 g/mol. The van der Waals surface area contributed by atoms with Crippen molar-refractivity contribution in [1.82, 2.24) is 4.98 Å². The fourth-order valence-electron chi connectivity index (χ4n) is 1.63. The van der Waals surface area contributed by atoms with Crippen LogP contribution in [0.25, 0.3) is 0 Å². The van der Waals surface area contributed by atoms with E-state index in [0.29, 0.717) is 10.0 Å². The zero-order valence-corrected chi connectivity index (χ0v) is 13.5. The SMILES string of the molecule is CCOC(=O)c1nc(NC(C)(CC)CC)sc1C(C)=O. The molecule has 1 aromatic rings. The lowest BCUT2D eigenvalue weighted by atomic mass is 9.96. The van der Waals surface area contributed by atoms with Crippen molar-refractivity contribution >= 4 is 28.2 Å². The summed E-state index contributed by atoms with van der Waals surface area (Å²) >= 11 is 1.21. The van der Waals surface area contributed by atoms with Crippen molar-refractivity contribution < 1.29 is 14.3 Å². The molecule has 0 aliphatic heterocycles. The normalized spacial score (nSPS) is 11.2. The van der Waals surface area contributed by atoms with Gasteiger partial charge in [-0.15, -0.1) is 0 Å². The van der Waals surface area contributed by atoms with Gasteiger partial charge in [0.15, 0.2) is 16.6 Å². The quantitative estimate of drug-likeness (QED) is 0.616. The number of carbonyl (C=O) groups is 2. The summed E-state index contributed by atoms with van der Waals surface area (Å²) in [6, 6.07) is 0. The van der Waals surface area contributed by atoms with E-state index in [0.717, 1.165) is 12.8 Å². The molecule has 0 aromatic carbocycles. The van der Waals surface area contributed by atoms with Gasteiger partial charge < -0.3 is 10.1 Å². The van der Waals surface area contributed by atoms with E-state index in [-0.39, 0.29) is 23.6 Å². The van der Waals surface area contributed by atoms with E-state index in [4.69, 9.17) is 4.74 Å². The Bertz CT molecular complexity index is 493. The Morgan fingerprint density at radius 1 is 1.30 bits per heavy atom. The highest BCUT2D eigenvalue weighted by Crippen LogP contribution is 2.29. The standard InChI is InChI=1S/C14H22N2O3S/c1-6-14(5,7-2)16-13-15-10(12(18)19-8-3)11(20-13)9(4)17/h6-8H2,1-5H3,(H,15,16). The fraction of sp³-hybridized carbons (Fsp3) is 0.643. The number of esters is 1. The van der Waals surface area contributed by atoms with E-state index in [1.807, 2.05) is 0 Å². The molecule has 0 spiro atoms. The molecule has 0 saturated heterocycles. The minimum Gasteiger partial charge on any atom is -0.461 e. The third-order valence-corrected chi connectivity index (χ3v) is 4.46. The van der Waals surface area contributed by atoms with Crippen LogP contribution < -0.4 is 5.32 Å². The van der Waals surface area contributed by atoms with Gasteiger partial charge in [-0.25, -0.2) is 9.78 Å². The maximum Gasteiger partial charge on any atom is 0.358 e. The zero-order chi connectivity index (χ0) is 15.3. The molecule has 112 valence electrons. The average Bonchev–Trinajstić information content (AvgIpc) is 2.83. The summed E-state index contributed by atoms with van der Waals surface area (Å²) in [5.41, 5.74) is 0.0131. The third-order valence-electron chi connectivity index (χ3n) is 3.39. The van der Waals surface area contributed by atoms with Crippen molar-refractivity contribution in [2.75, 3.05) is 11.9 Å². The molecule has 0 aliphatic rings. The van der Waals surface area contributed by atoms with Gasteiger partial charge in [0.2, 0.25) is 0 Å². The van der Waals surface area contributed by atoms with Gasteiger partial charge in [-0.05, 0) is 26.7 Å². The molecule has 1 aromatic heterocycles. The molecular formula is C14H22N2O3S. The van der Waals surface area contributed by atoms with Gasteiger partial charge in [-0.1, -0.05) is 25.2 Å². The van der Waals surface area contributed by atoms with Crippen molar-refractivity contribution in [3.8, 4) is 0 Å². The summed E-state index contributed by atoms with van der Waals surface area (Å²) in [7, 11) is 0. The predicted octanol–water partition coefficient (Wildman–Crippen LogP) is 3.51. The van der Waals surface area contributed by atoms with E-state index < -0.39 is 5.97 Å². The summed E-state index contributed by atoms with van der Waals surface area (Å²) in [4.78, 5) is 28.0. The Hall–Kier alpha value is -1.43. The molecule has 20 heavy (non-hydrogen) atoms. The number of hydrogen-bond acceptors (Lipinski definition) is 6. The molecule has 0 atom stereocenters. The second-order valence-corrected chi connectivity index (χ2v) is 5.87. The first-order valence-electron chi connectivity index (χ1n) is 6.83. The largest absolute Gasteiger partial charge is 0.461 e. The maximum absolute atomic E-state index is 11.8. The molecule has 0 fully saturated rings. The van der Waals surface area contributed by atoms with E-state index in [1.165, 1.54) is 18.3 Å². The topological polar surface area (TPSA) is 68.3 Å².